The van der Waals surface area contributed by atoms with Gasteiger partial charge in [0.2, 0.25) is 0 Å². The van der Waals surface area contributed by atoms with Crippen molar-refractivity contribution in [2.24, 2.45) is 0 Å². The third kappa shape index (κ3) is 4.14. The van der Waals surface area contributed by atoms with E-state index in [1.165, 1.54) is 6.07 Å². The van der Waals surface area contributed by atoms with E-state index in [9.17, 15) is 9.90 Å². The highest BCUT2D eigenvalue weighted by Gasteiger charge is 2.17. The Kier molecular flexibility index (Phi) is 5.18. The quantitative estimate of drug-likeness (QED) is 0.827. The summed E-state index contributed by atoms with van der Waals surface area (Å²) in [5, 5.41) is 11.1. The lowest BCUT2D eigenvalue weighted by Gasteiger charge is -2.33. The first-order valence-corrected chi connectivity index (χ1v) is 8.27. The van der Waals surface area contributed by atoms with Crippen molar-refractivity contribution in [2.75, 3.05) is 46.4 Å². The van der Waals surface area contributed by atoms with Crippen LogP contribution < -0.4 is 10.4 Å². The molecule has 2 aromatic rings. The Morgan fingerprint density at radius 3 is 2.75 bits per heavy atom. The van der Waals surface area contributed by atoms with Crippen molar-refractivity contribution in [1.29, 1.82) is 0 Å². The molecule has 0 spiro atoms. The fourth-order valence-corrected chi connectivity index (χ4v) is 2.97. The molecule has 2 heterocycles. The van der Waals surface area contributed by atoms with Crippen molar-refractivity contribution in [3.63, 3.8) is 0 Å². The Bertz CT molecular complexity index is 750. The maximum Gasteiger partial charge on any atom is 0.336 e. The van der Waals surface area contributed by atoms with Gasteiger partial charge in [-0.15, -0.1) is 0 Å². The molecule has 1 aromatic carbocycles. The number of hydrogen-bond acceptors (Lipinski definition) is 6. The number of ether oxygens (including phenoxy) is 1. The molecular weight excluding hydrogens is 308 g/mol. The van der Waals surface area contributed by atoms with Gasteiger partial charge in [-0.05, 0) is 31.7 Å². The molecular formula is C18H24N2O4. The van der Waals surface area contributed by atoms with Crippen LogP contribution in [0.2, 0.25) is 0 Å². The van der Waals surface area contributed by atoms with Crippen LogP contribution in [0.3, 0.4) is 0 Å². The molecule has 0 saturated carbocycles. The number of aryl methyl sites for hydroxylation is 1. The van der Waals surface area contributed by atoms with Crippen LogP contribution in [0.25, 0.3) is 11.0 Å². The zero-order chi connectivity index (χ0) is 17.1. The Hall–Kier alpha value is -1.89. The average molecular weight is 332 g/mol. The van der Waals surface area contributed by atoms with E-state index >= 15 is 0 Å². The van der Waals surface area contributed by atoms with Crippen molar-refractivity contribution in [2.45, 2.75) is 13.0 Å². The number of benzene rings is 1. The van der Waals surface area contributed by atoms with Gasteiger partial charge < -0.3 is 19.2 Å². The molecule has 0 radical (unpaired) electrons. The maximum absolute atomic E-state index is 11.5. The molecule has 24 heavy (non-hydrogen) atoms. The minimum atomic E-state index is -0.548. The van der Waals surface area contributed by atoms with Gasteiger partial charge >= 0.3 is 5.63 Å². The Balaban J connectivity index is 1.58. The van der Waals surface area contributed by atoms with E-state index in [-0.39, 0.29) is 12.2 Å². The summed E-state index contributed by atoms with van der Waals surface area (Å²) in [6.07, 6.45) is -0.548. The minimum Gasteiger partial charge on any atom is -0.491 e. The van der Waals surface area contributed by atoms with E-state index in [0.29, 0.717) is 17.9 Å². The highest BCUT2D eigenvalue weighted by molar-refractivity contribution is 5.81. The standard InChI is InChI=1S/C18H24N2O4/c1-13-9-18(22)24-17-10-15(3-4-16(13)17)23-12-14(21)11-20-7-5-19(2)6-8-20/h3-4,9-10,14,21H,5-8,11-12H2,1-2H3. The van der Waals surface area contributed by atoms with E-state index in [1.54, 1.807) is 6.07 Å². The lowest BCUT2D eigenvalue weighted by atomic mass is 10.1. The van der Waals surface area contributed by atoms with Crippen LogP contribution in [0.5, 0.6) is 5.75 Å². The second-order valence-electron chi connectivity index (χ2n) is 6.48. The van der Waals surface area contributed by atoms with Crippen molar-refractivity contribution in [3.05, 3.63) is 40.2 Å². The monoisotopic (exact) mass is 332 g/mol. The van der Waals surface area contributed by atoms with E-state index < -0.39 is 6.10 Å². The number of fused-ring (bicyclic) bond motifs is 1. The number of rotatable bonds is 5. The summed E-state index contributed by atoms with van der Waals surface area (Å²) in [5.74, 6) is 0.591. The van der Waals surface area contributed by atoms with Crippen LogP contribution >= 0.6 is 0 Å². The normalized spacial score (nSPS) is 18.0. The van der Waals surface area contributed by atoms with E-state index in [2.05, 4.69) is 16.8 Å². The Labute approximate surface area is 141 Å². The fraction of sp³-hybridized carbons (Fsp3) is 0.500. The molecule has 1 unspecified atom stereocenters. The van der Waals surface area contributed by atoms with Crippen LogP contribution in [-0.2, 0) is 0 Å². The molecule has 1 aliphatic rings. The third-order valence-corrected chi connectivity index (χ3v) is 4.43. The van der Waals surface area contributed by atoms with Crippen molar-refractivity contribution >= 4 is 11.0 Å². The zero-order valence-corrected chi connectivity index (χ0v) is 14.2. The van der Waals surface area contributed by atoms with Gasteiger partial charge in [-0.3, -0.25) is 4.90 Å². The number of piperazine rings is 1. The predicted molar refractivity (Wildman–Crippen MR) is 92.7 cm³/mol. The van der Waals surface area contributed by atoms with Gasteiger partial charge in [-0.25, -0.2) is 4.79 Å². The average Bonchev–Trinajstić information content (AvgIpc) is 2.54. The van der Waals surface area contributed by atoms with Gasteiger partial charge in [0, 0.05) is 50.2 Å². The predicted octanol–water partition coefficient (Wildman–Crippen LogP) is 1.09. The SMILES string of the molecule is Cc1cc(=O)oc2cc(OCC(O)CN3CCN(C)CC3)ccc12. The lowest BCUT2D eigenvalue weighted by molar-refractivity contribution is 0.0505. The second kappa shape index (κ2) is 7.34. The van der Waals surface area contributed by atoms with E-state index in [1.807, 2.05) is 19.1 Å². The molecule has 1 N–H and O–H groups in total. The summed E-state index contributed by atoms with van der Waals surface area (Å²) in [5.41, 5.74) is 1.02. The van der Waals surface area contributed by atoms with Crippen LogP contribution in [0, 0.1) is 6.92 Å². The molecule has 3 rings (SSSR count). The summed E-state index contributed by atoms with van der Waals surface area (Å²) in [6.45, 7) is 6.68. The number of likely N-dealkylation sites (N-methyl/N-ethyl adjacent to an activating group) is 1. The number of aliphatic hydroxyl groups is 1. The second-order valence-corrected chi connectivity index (χ2v) is 6.48. The number of β-amino-alcohol motifs (C(OH)–C–C–N with tert-alkyl or cyclic N) is 1. The summed E-state index contributed by atoms with van der Waals surface area (Å²) >= 11 is 0. The van der Waals surface area contributed by atoms with Gasteiger partial charge in [-0.2, -0.15) is 0 Å². The first-order chi connectivity index (χ1) is 11.5. The molecule has 6 heteroatoms. The number of aliphatic hydroxyl groups excluding tert-OH is 1. The Morgan fingerprint density at radius 1 is 1.25 bits per heavy atom. The lowest BCUT2D eigenvalue weighted by Crippen LogP contribution is -2.47. The molecule has 1 fully saturated rings. The minimum absolute atomic E-state index is 0.216. The van der Waals surface area contributed by atoms with Gasteiger partial charge in [-0.1, -0.05) is 0 Å². The van der Waals surface area contributed by atoms with Crippen molar-refractivity contribution in [1.82, 2.24) is 9.80 Å². The zero-order valence-electron chi connectivity index (χ0n) is 14.2. The summed E-state index contributed by atoms with van der Waals surface area (Å²) in [7, 11) is 2.11. The summed E-state index contributed by atoms with van der Waals surface area (Å²) < 4.78 is 10.9. The summed E-state index contributed by atoms with van der Waals surface area (Å²) in [6, 6.07) is 6.88. The molecule has 1 aromatic heterocycles. The molecule has 1 atom stereocenters. The first kappa shape index (κ1) is 17.0. The van der Waals surface area contributed by atoms with Crippen LogP contribution in [0.15, 0.2) is 33.5 Å². The van der Waals surface area contributed by atoms with Gasteiger partial charge in [0.25, 0.3) is 0 Å². The van der Waals surface area contributed by atoms with Crippen molar-refractivity contribution < 1.29 is 14.3 Å². The largest absolute Gasteiger partial charge is 0.491 e. The van der Waals surface area contributed by atoms with Gasteiger partial charge in [0.05, 0.1) is 0 Å². The molecule has 1 aliphatic heterocycles. The number of nitrogens with zero attached hydrogens (tertiary/aromatic N) is 2. The van der Waals surface area contributed by atoms with Crippen LogP contribution in [0.1, 0.15) is 5.56 Å². The Morgan fingerprint density at radius 2 is 2.00 bits per heavy atom. The highest BCUT2D eigenvalue weighted by Crippen LogP contribution is 2.22. The molecule has 0 amide bonds. The van der Waals surface area contributed by atoms with Gasteiger partial charge in [0.1, 0.15) is 24.0 Å². The smallest absolute Gasteiger partial charge is 0.336 e. The highest BCUT2D eigenvalue weighted by atomic mass is 16.5. The van der Waals surface area contributed by atoms with Crippen molar-refractivity contribution in [3.8, 4) is 5.75 Å². The van der Waals surface area contributed by atoms with E-state index in [4.69, 9.17) is 9.15 Å². The molecule has 6 nitrogen and oxygen atoms in total. The topological polar surface area (TPSA) is 66.2 Å². The molecule has 0 bridgehead atoms. The first-order valence-electron chi connectivity index (χ1n) is 8.27. The molecule has 1 saturated heterocycles. The molecule has 130 valence electrons. The molecule has 0 aliphatic carbocycles. The van der Waals surface area contributed by atoms with E-state index in [0.717, 1.165) is 37.1 Å². The maximum atomic E-state index is 11.5. The third-order valence-electron chi connectivity index (χ3n) is 4.43. The van der Waals surface area contributed by atoms with Crippen LogP contribution in [-0.4, -0.2) is 67.4 Å². The summed E-state index contributed by atoms with van der Waals surface area (Å²) in [4.78, 5) is 16.0. The van der Waals surface area contributed by atoms with Crippen LogP contribution in [0.4, 0.5) is 0 Å². The van der Waals surface area contributed by atoms with Gasteiger partial charge in [0.15, 0.2) is 0 Å². The fourth-order valence-electron chi connectivity index (χ4n) is 2.97. The number of hydrogen-bond donors (Lipinski definition) is 1.